The summed E-state index contributed by atoms with van der Waals surface area (Å²) in [6, 6.07) is 31.2. The molecule has 0 atom stereocenters. The minimum atomic E-state index is -0.0376. The zero-order valence-corrected chi connectivity index (χ0v) is 16.1. The van der Waals surface area contributed by atoms with Gasteiger partial charge in [0.1, 0.15) is 0 Å². The summed E-state index contributed by atoms with van der Waals surface area (Å²) in [5.74, 6) is 0. The van der Waals surface area contributed by atoms with Gasteiger partial charge in [0.15, 0.2) is 0 Å². The molecule has 0 spiro atoms. The van der Waals surface area contributed by atoms with Crippen LogP contribution in [0.5, 0.6) is 0 Å². The maximum Gasteiger partial charge on any atom is 0.0203 e. The van der Waals surface area contributed by atoms with E-state index in [1.165, 1.54) is 45.5 Å². The molecule has 0 aliphatic carbocycles. The van der Waals surface area contributed by atoms with Crippen LogP contribution in [-0.2, 0) is 5.41 Å². The molecule has 4 aromatic carbocycles. The van der Waals surface area contributed by atoms with Gasteiger partial charge in [-0.15, -0.1) is 0 Å². The fourth-order valence-electron chi connectivity index (χ4n) is 4.32. The lowest BCUT2D eigenvalue weighted by atomic mass is 9.68. The Morgan fingerprint density at radius 3 is 1.59 bits per heavy atom. The van der Waals surface area contributed by atoms with E-state index in [-0.39, 0.29) is 5.41 Å². The van der Waals surface area contributed by atoms with Gasteiger partial charge in [-0.3, -0.25) is 0 Å². The highest BCUT2D eigenvalue weighted by Crippen LogP contribution is 2.42. The number of hydrogen-bond donors (Lipinski definition) is 0. The van der Waals surface area contributed by atoms with Crippen LogP contribution in [0.25, 0.3) is 21.5 Å². The van der Waals surface area contributed by atoms with Crippen molar-refractivity contribution >= 4 is 21.5 Å². The molecule has 27 heavy (non-hydrogen) atoms. The fraction of sp³-hybridized carbons (Fsp3) is 0.222. The second-order valence-electron chi connectivity index (χ2n) is 7.56. The minimum Gasteiger partial charge on any atom is -0.0654 e. The normalized spacial score (nSPS) is 11.9. The van der Waals surface area contributed by atoms with Crippen LogP contribution in [0.1, 0.15) is 43.7 Å². The molecule has 0 N–H and O–H groups in total. The molecule has 0 unspecified atom stereocenters. The van der Waals surface area contributed by atoms with Gasteiger partial charge in [-0.1, -0.05) is 112 Å². The third-order valence-corrected chi connectivity index (χ3v) is 5.99. The van der Waals surface area contributed by atoms with Crippen LogP contribution < -0.4 is 0 Å². The largest absolute Gasteiger partial charge is 0.0654 e. The molecule has 0 saturated heterocycles. The molecule has 0 bridgehead atoms. The van der Waals surface area contributed by atoms with Crippen molar-refractivity contribution in [1.29, 1.82) is 0 Å². The zero-order chi connectivity index (χ0) is 18.7. The summed E-state index contributed by atoms with van der Waals surface area (Å²) in [7, 11) is 0. The molecule has 0 nitrogen and oxygen atoms in total. The number of fused-ring (bicyclic) bond motifs is 2. The van der Waals surface area contributed by atoms with Crippen molar-refractivity contribution in [2.75, 3.05) is 0 Å². The van der Waals surface area contributed by atoms with Crippen LogP contribution in [0.3, 0.4) is 0 Å². The molecule has 4 aromatic rings. The monoisotopic (exact) mass is 351 g/mol. The van der Waals surface area contributed by atoms with E-state index in [4.69, 9.17) is 0 Å². The average molecular weight is 352 g/mol. The van der Waals surface area contributed by atoms with Crippen molar-refractivity contribution in [3.05, 3.63) is 103 Å². The van der Waals surface area contributed by atoms with Gasteiger partial charge >= 0.3 is 0 Å². The Morgan fingerprint density at radius 2 is 1.15 bits per heavy atom. The predicted molar refractivity (Wildman–Crippen MR) is 118 cm³/mol. The van der Waals surface area contributed by atoms with Gasteiger partial charge in [0.25, 0.3) is 0 Å². The van der Waals surface area contributed by atoms with Crippen molar-refractivity contribution in [3.8, 4) is 0 Å². The Morgan fingerprint density at radius 1 is 0.667 bits per heavy atom. The van der Waals surface area contributed by atoms with Gasteiger partial charge in [-0.05, 0) is 45.5 Å². The van der Waals surface area contributed by atoms with E-state index >= 15 is 0 Å². The number of benzene rings is 4. The number of unbranched alkanes of at least 4 members (excludes halogenated alkanes) is 1. The van der Waals surface area contributed by atoms with Crippen LogP contribution in [-0.4, -0.2) is 0 Å². The van der Waals surface area contributed by atoms with Crippen LogP contribution in [0.2, 0.25) is 0 Å². The lowest BCUT2D eigenvalue weighted by Crippen LogP contribution is -2.27. The van der Waals surface area contributed by atoms with Crippen LogP contribution in [0.15, 0.2) is 84.9 Å². The summed E-state index contributed by atoms with van der Waals surface area (Å²) in [6.07, 6.45) is 4.39. The Hall–Kier alpha value is -2.60. The molecule has 0 saturated carbocycles. The number of hydrogen-bond acceptors (Lipinski definition) is 0. The smallest absolute Gasteiger partial charge is 0.0203 e. The third kappa shape index (κ3) is 3.25. The SMILES string of the molecule is [CH2]CC(CCCC)(c1ccc2ccccc2c1)c1ccc2ccccc2c1. The van der Waals surface area contributed by atoms with Gasteiger partial charge in [0, 0.05) is 5.41 Å². The molecule has 0 amide bonds. The summed E-state index contributed by atoms with van der Waals surface area (Å²) in [5.41, 5.74) is 2.74. The lowest BCUT2D eigenvalue weighted by molar-refractivity contribution is 0.455. The second kappa shape index (κ2) is 7.56. The van der Waals surface area contributed by atoms with Gasteiger partial charge in [-0.25, -0.2) is 0 Å². The molecule has 135 valence electrons. The Labute approximate surface area is 162 Å². The summed E-state index contributed by atoms with van der Waals surface area (Å²) >= 11 is 0. The van der Waals surface area contributed by atoms with Crippen LogP contribution in [0.4, 0.5) is 0 Å². The first-order valence-corrected chi connectivity index (χ1v) is 10.0. The average Bonchev–Trinajstić information content (AvgIpc) is 2.74. The van der Waals surface area contributed by atoms with Gasteiger partial charge < -0.3 is 0 Å². The molecule has 0 aliphatic rings. The number of rotatable bonds is 6. The molecule has 0 fully saturated rings. The second-order valence-corrected chi connectivity index (χ2v) is 7.56. The minimum absolute atomic E-state index is 0.0376. The standard InChI is InChI=1S/C27H27/c1-3-5-18-27(4-2,25-16-14-21-10-6-8-12-23(21)19-25)26-17-15-22-11-7-9-13-24(22)20-26/h6-17,19-20H,2-5,18H2,1H3. The Bertz CT molecular complexity index is 978. The van der Waals surface area contributed by atoms with Crippen molar-refractivity contribution in [2.45, 2.75) is 38.0 Å². The van der Waals surface area contributed by atoms with Gasteiger partial charge in [0.05, 0.1) is 0 Å². The van der Waals surface area contributed by atoms with Crippen LogP contribution in [0, 0.1) is 6.92 Å². The molecular weight excluding hydrogens is 324 g/mol. The topological polar surface area (TPSA) is 0 Å². The summed E-state index contributed by atoms with van der Waals surface area (Å²) < 4.78 is 0. The first kappa shape index (κ1) is 17.8. The predicted octanol–water partition coefficient (Wildman–Crippen LogP) is 7.69. The highest BCUT2D eigenvalue weighted by molar-refractivity contribution is 5.85. The van der Waals surface area contributed by atoms with Gasteiger partial charge in [0.2, 0.25) is 0 Å². The van der Waals surface area contributed by atoms with E-state index in [1.54, 1.807) is 0 Å². The first-order chi connectivity index (χ1) is 13.3. The molecule has 0 aromatic heterocycles. The highest BCUT2D eigenvalue weighted by atomic mass is 14.3. The van der Waals surface area contributed by atoms with Crippen molar-refractivity contribution in [3.63, 3.8) is 0 Å². The molecule has 0 aliphatic heterocycles. The van der Waals surface area contributed by atoms with E-state index < -0.39 is 0 Å². The maximum absolute atomic E-state index is 4.42. The van der Waals surface area contributed by atoms with E-state index in [0.29, 0.717) is 0 Å². The highest BCUT2D eigenvalue weighted by Gasteiger charge is 2.32. The van der Waals surface area contributed by atoms with Gasteiger partial charge in [-0.2, -0.15) is 0 Å². The third-order valence-electron chi connectivity index (χ3n) is 5.99. The molecule has 0 heteroatoms. The van der Waals surface area contributed by atoms with E-state index in [0.717, 1.165) is 12.8 Å². The molecule has 0 heterocycles. The summed E-state index contributed by atoms with van der Waals surface area (Å²) in [4.78, 5) is 0. The van der Waals surface area contributed by atoms with E-state index in [9.17, 15) is 0 Å². The van der Waals surface area contributed by atoms with Crippen molar-refractivity contribution in [1.82, 2.24) is 0 Å². The van der Waals surface area contributed by atoms with E-state index in [2.05, 4.69) is 98.8 Å². The Kier molecular flexibility index (Phi) is 4.99. The van der Waals surface area contributed by atoms with E-state index in [1.807, 2.05) is 0 Å². The van der Waals surface area contributed by atoms with Crippen molar-refractivity contribution < 1.29 is 0 Å². The molecule has 4 rings (SSSR count). The Balaban J connectivity index is 1.91. The van der Waals surface area contributed by atoms with Crippen molar-refractivity contribution in [2.24, 2.45) is 0 Å². The lowest BCUT2D eigenvalue weighted by Gasteiger charge is -2.35. The summed E-state index contributed by atoms with van der Waals surface area (Å²) in [5, 5.41) is 5.22. The fourth-order valence-corrected chi connectivity index (χ4v) is 4.32. The zero-order valence-electron chi connectivity index (χ0n) is 16.1. The van der Waals surface area contributed by atoms with Crippen LogP contribution >= 0.6 is 0 Å². The molecular formula is C27H27. The summed E-state index contributed by atoms with van der Waals surface area (Å²) in [6.45, 7) is 6.70. The first-order valence-electron chi connectivity index (χ1n) is 10.0. The quantitative estimate of drug-likeness (QED) is 0.334. The maximum atomic E-state index is 4.42. The molecule has 1 radical (unpaired) electrons.